The van der Waals surface area contributed by atoms with Crippen LogP contribution in [0.2, 0.25) is 0 Å². The first kappa shape index (κ1) is 11.5. The Morgan fingerprint density at radius 1 is 1.44 bits per heavy atom. The highest BCUT2D eigenvalue weighted by Crippen LogP contribution is 2.42. The zero-order valence-corrected chi connectivity index (χ0v) is 10.5. The summed E-state index contributed by atoms with van der Waals surface area (Å²) in [6.07, 6.45) is -0.602. The van der Waals surface area contributed by atoms with E-state index in [4.69, 9.17) is 4.74 Å². The fraction of sp³-hybridized carbons (Fsp3) is 0.500. The van der Waals surface area contributed by atoms with Gasteiger partial charge in [0.2, 0.25) is 5.91 Å². The molecular formula is C14H16FNO2. The van der Waals surface area contributed by atoms with Gasteiger partial charge in [0.05, 0.1) is 18.2 Å². The van der Waals surface area contributed by atoms with Crippen molar-refractivity contribution in [3.05, 3.63) is 24.3 Å². The zero-order valence-electron chi connectivity index (χ0n) is 10.5. The largest absolute Gasteiger partial charge is 0.484 e. The number of halogens is 1. The van der Waals surface area contributed by atoms with E-state index in [0.717, 1.165) is 5.69 Å². The molecular weight excluding hydrogens is 233 g/mol. The van der Waals surface area contributed by atoms with E-state index in [9.17, 15) is 9.18 Å². The van der Waals surface area contributed by atoms with Crippen LogP contribution in [0.1, 0.15) is 20.3 Å². The molecule has 0 bridgehead atoms. The third kappa shape index (κ3) is 1.85. The number of alkyl halides is 1. The molecule has 0 spiro atoms. The Bertz CT molecular complexity index is 500. The van der Waals surface area contributed by atoms with Crippen LogP contribution in [0, 0.1) is 5.92 Å². The molecule has 2 atom stereocenters. The second-order valence-electron chi connectivity index (χ2n) is 5.61. The van der Waals surface area contributed by atoms with Gasteiger partial charge in [-0.3, -0.25) is 4.79 Å². The van der Waals surface area contributed by atoms with Gasteiger partial charge >= 0.3 is 0 Å². The first-order chi connectivity index (χ1) is 8.48. The predicted octanol–water partition coefficient (Wildman–Crippen LogP) is 2.55. The van der Waals surface area contributed by atoms with E-state index in [2.05, 4.69) is 0 Å². The van der Waals surface area contributed by atoms with Gasteiger partial charge < -0.3 is 9.64 Å². The summed E-state index contributed by atoms with van der Waals surface area (Å²) in [6, 6.07) is 7.42. The standard InChI is InChI=1S/C14H16FNO2/c1-14(2)8-16(13(17)9-7-10(9)15)11-5-3-4-6-12(11)18-14/h3-6,9-10H,7-8H2,1-2H3. The van der Waals surface area contributed by atoms with Gasteiger partial charge in [-0.15, -0.1) is 0 Å². The van der Waals surface area contributed by atoms with Crippen LogP contribution >= 0.6 is 0 Å². The molecule has 0 saturated heterocycles. The maximum Gasteiger partial charge on any atom is 0.233 e. The van der Waals surface area contributed by atoms with Crippen molar-refractivity contribution < 1.29 is 13.9 Å². The lowest BCUT2D eigenvalue weighted by atomic mass is 10.0. The normalized spacial score (nSPS) is 28.3. The maximum atomic E-state index is 13.1. The topological polar surface area (TPSA) is 29.5 Å². The molecule has 1 fully saturated rings. The van der Waals surface area contributed by atoms with Gasteiger partial charge in [-0.05, 0) is 32.4 Å². The number of hydrogen-bond donors (Lipinski definition) is 0. The Labute approximate surface area is 106 Å². The van der Waals surface area contributed by atoms with E-state index in [0.29, 0.717) is 18.7 Å². The summed E-state index contributed by atoms with van der Waals surface area (Å²) in [4.78, 5) is 13.9. The molecule has 0 N–H and O–H groups in total. The highest BCUT2D eigenvalue weighted by Gasteiger charge is 2.48. The number of nitrogens with zero attached hydrogens (tertiary/aromatic N) is 1. The molecule has 96 valence electrons. The first-order valence-electron chi connectivity index (χ1n) is 6.21. The molecule has 18 heavy (non-hydrogen) atoms. The fourth-order valence-corrected chi connectivity index (χ4v) is 2.38. The minimum Gasteiger partial charge on any atom is -0.484 e. The molecule has 4 heteroatoms. The number of ether oxygens (including phenoxy) is 1. The van der Waals surface area contributed by atoms with Gasteiger partial charge in [0, 0.05) is 0 Å². The van der Waals surface area contributed by atoms with Crippen molar-refractivity contribution in [2.24, 2.45) is 5.92 Å². The van der Waals surface area contributed by atoms with E-state index >= 15 is 0 Å². The van der Waals surface area contributed by atoms with Crippen LogP contribution in [0.5, 0.6) is 5.75 Å². The highest BCUT2D eigenvalue weighted by molar-refractivity contribution is 5.98. The number of benzene rings is 1. The van der Waals surface area contributed by atoms with Crippen LogP contribution in [0.25, 0.3) is 0 Å². The zero-order chi connectivity index (χ0) is 12.9. The number of rotatable bonds is 1. The number of fused-ring (bicyclic) bond motifs is 1. The molecule has 1 aliphatic heterocycles. The molecule has 1 amide bonds. The molecule has 1 saturated carbocycles. The molecule has 1 heterocycles. The Hall–Kier alpha value is -1.58. The number of carbonyl (C=O) groups is 1. The highest BCUT2D eigenvalue weighted by atomic mass is 19.1. The lowest BCUT2D eigenvalue weighted by Crippen LogP contribution is -2.50. The van der Waals surface area contributed by atoms with Crippen LogP contribution in [0.4, 0.5) is 10.1 Å². The summed E-state index contributed by atoms with van der Waals surface area (Å²) in [5, 5.41) is 0. The van der Waals surface area contributed by atoms with Gasteiger partial charge in [-0.1, -0.05) is 12.1 Å². The molecule has 1 aromatic carbocycles. The summed E-state index contributed by atoms with van der Waals surface area (Å²) in [7, 11) is 0. The number of amides is 1. The van der Waals surface area contributed by atoms with Crippen molar-refractivity contribution in [3.8, 4) is 5.75 Å². The predicted molar refractivity (Wildman–Crippen MR) is 66.5 cm³/mol. The van der Waals surface area contributed by atoms with Gasteiger partial charge in [-0.2, -0.15) is 0 Å². The lowest BCUT2D eigenvalue weighted by molar-refractivity contribution is -0.121. The Balaban J connectivity index is 1.96. The van der Waals surface area contributed by atoms with Gasteiger partial charge in [0.25, 0.3) is 0 Å². The van der Waals surface area contributed by atoms with Crippen molar-refractivity contribution in [1.29, 1.82) is 0 Å². The molecule has 3 rings (SSSR count). The van der Waals surface area contributed by atoms with Crippen LogP contribution in [-0.4, -0.2) is 24.2 Å². The molecule has 1 aromatic rings. The fourth-order valence-electron chi connectivity index (χ4n) is 2.38. The van der Waals surface area contributed by atoms with E-state index in [1.165, 1.54) is 0 Å². The summed E-state index contributed by atoms with van der Waals surface area (Å²) in [5.74, 6) is 0.122. The van der Waals surface area contributed by atoms with Crippen LogP contribution in [0.15, 0.2) is 24.3 Å². The third-order valence-electron chi connectivity index (χ3n) is 3.38. The van der Waals surface area contributed by atoms with E-state index in [1.54, 1.807) is 4.90 Å². The number of anilines is 1. The molecule has 3 nitrogen and oxygen atoms in total. The van der Waals surface area contributed by atoms with E-state index in [-0.39, 0.29) is 5.91 Å². The molecule has 2 aliphatic rings. The average molecular weight is 249 g/mol. The Morgan fingerprint density at radius 3 is 2.78 bits per heavy atom. The minimum absolute atomic E-state index is 0.119. The molecule has 0 radical (unpaired) electrons. The monoisotopic (exact) mass is 249 g/mol. The number of para-hydroxylation sites is 2. The van der Waals surface area contributed by atoms with E-state index < -0.39 is 17.7 Å². The van der Waals surface area contributed by atoms with Crippen molar-refractivity contribution in [3.63, 3.8) is 0 Å². The van der Waals surface area contributed by atoms with E-state index in [1.807, 2.05) is 38.1 Å². The van der Waals surface area contributed by atoms with Crippen molar-refractivity contribution in [2.75, 3.05) is 11.4 Å². The summed E-state index contributed by atoms with van der Waals surface area (Å²) in [6.45, 7) is 4.33. The molecule has 1 aliphatic carbocycles. The SMILES string of the molecule is CC1(C)CN(C(=O)C2CC2F)c2ccccc2O1. The average Bonchev–Trinajstić information content (AvgIpc) is 3.03. The van der Waals surface area contributed by atoms with Crippen molar-refractivity contribution in [2.45, 2.75) is 32.0 Å². The number of hydrogen-bond acceptors (Lipinski definition) is 2. The summed E-state index contributed by atoms with van der Waals surface area (Å²) < 4.78 is 18.9. The second-order valence-corrected chi connectivity index (χ2v) is 5.61. The van der Waals surface area contributed by atoms with Crippen LogP contribution in [0.3, 0.4) is 0 Å². The summed E-state index contributed by atoms with van der Waals surface area (Å²) in [5.41, 5.74) is 0.311. The lowest BCUT2D eigenvalue weighted by Gasteiger charge is -2.39. The van der Waals surface area contributed by atoms with Crippen LogP contribution in [-0.2, 0) is 4.79 Å². The van der Waals surface area contributed by atoms with Gasteiger partial charge in [-0.25, -0.2) is 4.39 Å². The molecule has 0 aromatic heterocycles. The Kier molecular flexibility index (Phi) is 2.37. The maximum absolute atomic E-state index is 13.1. The Morgan fingerprint density at radius 2 is 2.11 bits per heavy atom. The third-order valence-corrected chi connectivity index (χ3v) is 3.38. The quantitative estimate of drug-likeness (QED) is 0.765. The first-order valence-corrected chi connectivity index (χ1v) is 6.21. The number of carbonyl (C=O) groups excluding carboxylic acids is 1. The minimum atomic E-state index is -0.962. The molecule has 2 unspecified atom stereocenters. The van der Waals surface area contributed by atoms with Crippen molar-refractivity contribution >= 4 is 11.6 Å². The van der Waals surface area contributed by atoms with Gasteiger partial charge in [0.1, 0.15) is 17.5 Å². The van der Waals surface area contributed by atoms with Crippen LogP contribution < -0.4 is 9.64 Å². The second kappa shape index (κ2) is 3.70. The van der Waals surface area contributed by atoms with Gasteiger partial charge in [0.15, 0.2) is 0 Å². The smallest absolute Gasteiger partial charge is 0.233 e. The summed E-state index contributed by atoms with van der Waals surface area (Å²) >= 11 is 0. The van der Waals surface area contributed by atoms with Crippen molar-refractivity contribution in [1.82, 2.24) is 0 Å².